The van der Waals surface area contributed by atoms with Gasteiger partial charge in [-0.3, -0.25) is 19.1 Å². The number of carbonyl (C=O) groups excluding carboxylic acids is 2. The van der Waals surface area contributed by atoms with E-state index in [1.807, 2.05) is 0 Å². The molecule has 0 bridgehead atoms. The molecule has 0 aliphatic heterocycles. The van der Waals surface area contributed by atoms with E-state index in [-0.39, 0.29) is 53.2 Å². The number of aromatic nitrogens is 5. The molecule has 3 heterocycles. The number of hydrogen-bond donors (Lipinski definition) is 2. The van der Waals surface area contributed by atoms with Crippen LogP contribution in [0.3, 0.4) is 0 Å². The van der Waals surface area contributed by atoms with Crippen molar-refractivity contribution >= 4 is 39.3 Å². The smallest absolute Gasteiger partial charge is 0.348 e. The van der Waals surface area contributed by atoms with E-state index in [9.17, 15) is 40.7 Å². The maximum Gasteiger partial charge on any atom is 0.435 e. The Balaban J connectivity index is 1.66. The second kappa shape index (κ2) is 14.6. The van der Waals surface area contributed by atoms with E-state index in [1.54, 1.807) is 0 Å². The molecule has 0 spiro atoms. The Bertz CT molecular complexity index is 1870. The lowest BCUT2D eigenvalue weighted by atomic mass is 10.0. The Morgan fingerprint density at radius 3 is 2.42 bits per heavy atom. The molecule has 0 saturated carbocycles. The summed E-state index contributed by atoms with van der Waals surface area (Å²) in [5.41, 5.74) is -2.73. The zero-order valence-electron chi connectivity index (χ0n) is 25.6. The van der Waals surface area contributed by atoms with Crippen LogP contribution in [0.1, 0.15) is 47.6 Å². The number of nitrogens with one attached hydrogen (secondary N) is 2. The largest absolute Gasteiger partial charge is 0.435 e. The zero-order valence-corrected chi connectivity index (χ0v) is 27.9. The van der Waals surface area contributed by atoms with Crippen molar-refractivity contribution in [3.8, 4) is 11.3 Å². The van der Waals surface area contributed by atoms with Gasteiger partial charge in [-0.25, -0.2) is 9.07 Å². The van der Waals surface area contributed by atoms with E-state index in [2.05, 4.69) is 36.8 Å². The molecule has 0 fully saturated rings. The van der Waals surface area contributed by atoms with Crippen molar-refractivity contribution < 1.29 is 35.9 Å². The van der Waals surface area contributed by atoms with Crippen molar-refractivity contribution in [1.29, 1.82) is 0 Å². The summed E-state index contributed by atoms with van der Waals surface area (Å²) in [5.74, 6) is -2.71. The van der Waals surface area contributed by atoms with Crippen LogP contribution in [-0.2, 0) is 37.4 Å². The van der Waals surface area contributed by atoms with E-state index >= 15 is 0 Å². The van der Waals surface area contributed by atoms with Gasteiger partial charge in [0.2, 0.25) is 11.5 Å². The van der Waals surface area contributed by atoms with Crippen LogP contribution in [0.5, 0.6) is 0 Å². The standard InChI is InChI=1S/C30H29BrClF6N7O3/c1-29(2,15-45-22(11-23(42-45)30(36,37)38)17-4-7-24(46)43(3)14-17)41-26(47)21(10-16-12-39-44(13-16)28(34)35)40-27(48)25-18(8-9-32)19(31)5-6-20(25)33/h4-7,11-14,21,28H,8-10,15H2,1-3H3,(H,40,48)(H,41,47)/t21-/m1/s1. The summed E-state index contributed by atoms with van der Waals surface area (Å²) >= 11 is 9.13. The number of carbonyl (C=O) groups is 2. The van der Waals surface area contributed by atoms with Gasteiger partial charge in [0.15, 0.2) is 5.69 Å². The highest BCUT2D eigenvalue weighted by Gasteiger charge is 2.37. The number of halogens is 8. The molecule has 4 rings (SSSR count). The number of amides is 2. The molecule has 48 heavy (non-hydrogen) atoms. The number of aryl methyl sites for hydroxylation is 1. The van der Waals surface area contributed by atoms with Gasteiger partial charge in [0.1, 0.15) is 11.9 Å². The maximum absolute atomic E-state index is 15.0. The first-order valence-electron chi connectivity index (χ1n) is 14.2. The number of nitrogens with zero attached hydrogens (tertiary/aromatic N) is 5. The molecule has 0 radical (unpaired) electrons. The van der Waals surface area contributed by atoms with Crippen LogP contribution in [0.25, 0.3) is 11.3 Å². The number of rotatable bonds is 12. The minimum Gasteiger partial charge on any atom is -0.348 e. The molecule has 4 aromatic rings. The molecule has 1 aromatic carbocycles. The second-order valence-corrected chi connectivity index (χ2v) is 12.7. The van der Waals surface area contributed by atoms with Crippen LogP contribution < -0.4 is 16.2 Å². The van der Waals surface area contributed by atoms with Crippen molar-refractivity contribution in [2.24, 2.45) is 7.05 Å². The van der Waals surface area contributed by atoms with Gasteiger partial charge in [-0.05, 0) is 55.7 Å². The Kier molecular flexibility index (Phi) is 11.1. The number of pyridine rings is 1. The van der Waals surface area contributed by atoms with E-state index < -0.39 is 53.2 Å². The number of hydrogen-bond acceptors (Lipinski definition) is 5. The lowest BCUT2D eigenvalue weighted by Gasteiger charge is -2.30. The summed E-state index contributed by atoms with van der Waals surface area (Å²) in [4.78, 5) is 39.1. The van der Waals surface area contributed by atoms with E-state index in [4.69, 9.17) is 11.6 Å². The summed E-state index contributed by atoms with van der Waals surface area (Å²) < 4.78 is 85.5. The third-order valence-corrected chi connectivity index (χ3v) is 8.08. The fraction of sp³-hybridized carbons (Fsp3) is 0.367. The predicted molar refractivity (Wildman–Crippen MR) is 167 cm³/mol. The molecule has 0 aliphatic carbocycles. The maximum atomic E-state index is 15.0. The third-order valence-electron chi connectivity index (χ3n) is 7.15. The van der Waals surface area contributed by atoms with Gasteiger partial charge in [0.05, 0.1) is 29.5 Å². The molecule has 0 unspecified atom stereocenters. The van der Waals surface area contributed by atoms with Crippen LogP contribution in [0, 0.1) is 5.82 Å². The van der Waals surface area contributed by atoms with Crippen LogP contribution in [-0.4, -0.2) is 53.4 Å². The lowest BCUT2D eigenvalue weighted by Crippen LogP contribution is -2.55. The van der Waals surface area contributed by atoms with Crippen LogP contribution in [0.4, 0.5) is 26.3 Å². The second-order valence-electron chi connectivity index (χ2n) is 11.5. The molecule has 0 aliphatic rings. The van der Waals surface area contributed by atoms with Crippen molar-refractivity contribution in [2.75, 3.05) is 5.88 Å². The molecular formula is C30H29BrClF6N7O3. The van der Waals surface area contributed by atoms with Crippen LogP contribution in [0.15, 0.2) is 58.2 Å². The van der Waals surface area contributed by atoms with Gasteiger partial charge in [0, 0.05) is 47.8 Å². The predicted octanol–water partition coefficient (Wildman–Crippen LogP) is 5.48. The molecular weight excluding hydrogens is 736 g/mol. The Morgan fingerprint density at radius 2 is 1.81 bits per heavy atom. The van der Waals surface area contributed by atoms with Crippen molar-refractivity contribution in [2.45, 2.75) is 57.5 Å². The summed E-state index contributed by atoms with van der Waals surface area (Å²) in [7, 11) is 1.43. The van der Waals surface area contributed by atoms with Gasteiger partial charge < -0.3 is 15.2 Å². The Labute approximate surface area is 283 Å². The normalized spacial score (nSPS) is 12.8. The summed E-state index contributed by atoms with van der Waals surface area (Å²) in [6.07, 6.45) is -1.69. The molecule has 3 aromatic heterocycles. The van der Waals surface area contributed by atoms with E-state index in [0.29, 0.717) is 9.15 Å². The first-order valence-corrected chi connectivity index (χ1v) is 15.5. The highest BCUT2D eigenvalue weighted by molar-refractivity contribution is 9.10. The number of benzene rings is 1. The monoisotopic (exact) mass is 763 g/mol. The summed E-state index contributed by atoms with van der Waals surface area (Å²) in [5, 5.41) is 12.4. The molecule has 258 valence electrons. The Morgan fingerprint density at radius 1 is 1.10 bits per heavy atom. The minimum atomic E-state index is -4.81. The van der Waals surface area contributed by atoms with Gasteiger partial charge >= 0.3 is 12.7 Å². The highest BCUT2D eigenvalue weighted by atomic mass is 79.9. The van der Waals surface area contributed by atoms with Crippen LogP contribution in [0.2, 0.25) is 0 Å². The fourth-order valence-electron chi connectivity index (χ4n) is 4.93. The van der Waals surface area contributed by atoms with Gasteiger partial charge in [0.25, 0.3) is 5.91 Å². The van der Waals surface area contributed by atoms with Gasteiger partial charge in [-0.15, -0.1) is 11.6 Å². The first kappa shape index (κ1) is 36.7. The van der Waals surface area contributed by atoms with Crippen LogP contribution >= 0.6 is 27.5 Å². The average molecular weight is 765 g/mol. The topological polar surface area (TPSA) is 116 Å². The summed E-state index contributed by atoms with van der Waals surface area (Å²) in [6.45, 7) is -0.322. The minimum absolute atomic E-state index is 0.00136. The van der Waals surface area contributed by atoms with Gasteiger partial charge in [-0.1, -0.05) is 15.9 Å². The molecule has 18 heteroatoms. The first-order chi connectivity index (χ1) is 22.4. The molecule has 2 amide bonds. The SMILES string of the molecule is Cn1cc(-c2cc(C(F)(F)F)nn2CC(C)(C)NC(=O)[C@@H](Cc2cnn(C(F)F)c2)NC(=O)c2c(F)ccc(Br)c2CCCl)ccc1=O. The molecule has 10 nitrogen and oxygen atoms in total. The molecule has 1 atom stereocenters. The summed E-state index contributed by atoms with van der Waals surface area (Å²) in [6, 6.07) is 4.29. The third kappa shape index (κ3) is 8.66. The Hall–Kier alpha value is -4.12. The average Bonchev–Trinajstić information content (AvgIpc) is 3.63. The fourth-order valence-corrected chi connectivity index (χ4v) is 5.65. The van der Waals surface area contributed by atoms with Crippen molar-refractivity contribution in [3.05, 3.63) is 92.0 Å². The molecule has 2 N–H and O–H groups in total. The van der Waals surface area contributed by atoms with Gasteiger partial charge in [-0.2, -0.15) is 32.1 Å². The lowest BCUT2D eigenvalue weighted by molar-refractivity contribution is -0.141. The van der Waals surface area contributed by atoms with Crippen molar-refractivity contribution in [3.63, 3.8) is 0 Å². The quantitative estimate of drug-likeness (QED) is 0.147. The van der Waals surface area contributed by atoms with E-state index in [1.165, 1.54) is 49.9 Å². The van der Waals surface area contributed by atoms with E-state index in [0.717, 1.165) is 29.2 Å². The number of alkyl halides is 6. The molecule has 0 saturated heterocycles. The highest BCUT2D eigenvalue weighted by Crippen LogP contribution is 2.32. The van der Waals surface area contributed by atoms with Crippen molar-refractivity contribution in [1.82, 2.24) is 34.8 Å². The zero-order chi connectivity index (χ0) is 35.6.